The number of aliphatic hydroxyl groups excluding tert-OH is 2. The summed E-state index contributed by atoms with van der Waals surface area (Å²) in [6.07, 6.45) is 4.96. The maximum atomic E-state index is 11.4. The van der Waals surface area contributed by atoms with Gasteiger partial charge in [0.1, 0.15) is 5.78 Å². The third kappa shape index (κ3) is 8.54. The van der Waals surface area contributed by atoms with Crippen molar-refractivity contribution < 1.29 is 15.0 Å². The number of ketones is 1. The number of carbonyl (C=O) groups is 1. The van der Waals surface area contributed by atoms with Gasteiger partial charge in [-0.2, -0.15) is 0 Å². The molecule has 0 aliphatic heterocycles. The lowest BCUT2D eigenvalue weighted by Crippen LogP contribution is -2.33. The van der Waals surface area contributed by atoms with Gasteiger partial charge in [-0.25, -0.2) is 0 Å². The third-order valence-corrected chi connectivity index (χ3v) is 2.33. The van der Waals surface area contributed by atoms with Crippen LogP contribution in [-0.4, -0.2) is 47.3 Å². The largest absolute Gasteiger partial charge is 0.395 e. The second-order valence-electron chi connectivity index (χ2n) is 3.77. The molecule has 0 atom stereocenters. The summed E-state index contributed by atoms with van der Waals surface area (Å²) in [5, 5.41) is 17.5. The highest BCUT2D eigenvalue weighted by Crippen LogP contribution is 2.03. The Morgan fingerprint density at radius 3 is 2.47 bits per heavy atom. The lowest BCUT2D eigenvalue weighted by atomic mass is 10.1. The van der Waals surface area contributed by atoms with E-state index in [-0.39, 0.29) is 25.7 Å². The van der Waals surface area contributed by atoms with Gasteiger partial charge in [-0.15, -0.1) is 0 Å². The number of hydrogen-bond donors (Lipinski definition) is 2. The summed E-state index contributed by atoms with van der Waals surface area (Å²) in [5.74, 6) is 0.147. The summed E-state index contributed by atoms with van der Waals surface area (Å²) in [7, 11) is 0. The first kappa shape index (κ1) is 14.6. The lowest BCUT2D eigenvalue weighted by Gasteiger charge is -2.16. The van der Waals surface area contributed by atoms with E-state index in [4.69, 9.17) is 10.2 Å². The van der Waals surface area contributed by atoms with E-state index in [0.717, 1.165) is 12.8 Å². The van der Waals surface area contributed by atoms with E-state index < -0.39 is 0 Å². The van der Waals surface area contributed by atoms with Gasteiger partial charge in [0, 0.05) is 13.0 Å². The van der Waals surface area contributed by atoms with E-state index in [0.29, 0.717) is 13.0 Å². The highest BCUT2D eigenvalue weighted by Gasteiger charge is 2.08. The molecule has 0 amide bonds. The van der Waals surface area contributed by atoms with Crippen molar-refractivity contribution in [2.24, 2.45) is 0 Å². The van der Waals surface area contributed by atoms with E-state index >= 15 is 0 Å². The van der Waals surface area contributed by atoms with Crippen LogP contribution in [0.15, 0.2) is 0 Å². The predicted octanol–water partition coefficient (Wildman–Crippen LogP) is 0.770. The Kier molecular flexibility index (Phi) is 9.78. The quantitative estimate of drug-likeness (QED) is 0.419. The highest BCUT2D eigenvalue weighted by atomic mass is 16.3. The van der Waals surface area contributed by atoms with Crippen molar-refractivity contribution in [3.8, 4) is 0 Å². The first-order valence-corrected chi connectivity index (χ1v) is 5.70. The van der Waals surface area contributed by atoms with Crippen LogP contribution >= 0.6 is 0 Å². The fourth-order valence-corrected chi connectivity index (χ4v) is 1.42. The molecule has 0 saturated heterocycles. The molecular weight excluding hydrogens is 194 g/mol. The summed E-state index contributed by atoms with van der Waals surface area (Å²) < 4.78 is 0. The molecule has 0 aromatic rings. The van der Waals surface area contributed by atoms with Gasteiger partial charge in [-0.3, -0.25) is 9.69 Å². The van der Waals surface area contributed by atoms with Crippen molar-refractivity contribution in [1.82, 2.24) is 4.90 Å². The Morgan fingerprint density at radius 1 is 1.20 bits per heavy atom. The Labute approximate surface area is 91.9 Å². The van der Waals surface area contributed by atoms with Crippen LogP contribution in [0.3, 0.4) is 0 Å². The van der Waals surface area contributed by atoms with Gasteiger partial charge < -0.3 is 10.2 Å². The van der Waals surface area contributed by atoms with Gasteiger partial charge >= 0.3 is 0 Å². The molecule has 0 spiro atoms. The molecule has 0 aliphatic rings. The SMILES string of the molecule is CCCCCCC(=O)CN(CO)CCO. The van der Waals surface area contributed by atoms with Crippen molar-refractivity contribution in [1.29, 1.82) is 0 Å². The van der Waals surface area contributed by atoms with Gasteiger partial charge in [0.2, 0.25) is 0 Å². The minimum atomic E-state index is -0.165. The summed E-state index contributed by atoms with van der Waals surface area (Å²) in [6, 6.07) is 0. The van der Waals surface area contributed by atoms with Gasteiger partial charge in [0.15, 0.2) is 0 Å². The molecule has 90 valence electrons. The van der Waals surface area contributed by atoms with Crippen LogP contribution in [0.1, 0.15) is 39.0 Å². The number of aliphatic hydroxyl groups is 2. The van der Waals surface area contributed by atoms with Crippen LogP contribution in [0.4, 0.5) is 0 Å². The normalized spacial score (nSPS) is 10.9. The third-order valence-electron chi connectivity index (χ3n) is 2.33. The van der Waals surface area contributed by atoms with Crippen LogP contribution in [0.25, 0.3) is 0 Å². The topological polar surface area (TPSA) is 60.8 Å². The van der Waals surface area contributed by atoms with E-state index in [1.54, 1.807) is 4.90 Å². The number of carbonyl (C=O) groups excluding carboxylic acids is 1. The summed E-state index contributed by atoms with van der Waals surface area (Å²) in [6.45, 7) is 2.56. The minimum Gasteiger partial charge on any atom is -0.395 e. The molecule has 0 saturated carbocycles. The molecule has 15 heavy (non-hydrogen) atoms. The molecule has 0 aromatic carbocycles. The molecule has 0 aliphatic carbocycles. The Balaban J connectivity index is 3.52. The van der Waals surface area contributed by atoms with Crippen molar-refractivity contribution in [3.05, 3.63) is 0 Å². The van der Waals surface area contributed by atoms with Gasteiger partial charge in [0.25, 0.3) is 0 Å². The second-order valence-corrected chi connectivity index (χ2v) is 3.77. The molecular formula is C11H23NO3. The number of unbranched alkanes of at least 4 members (excludes halogenated alkanes) is 3. The fraction of sp³-hybridized carbons (Fsp3) is 0.909. The molecule has 0 rings (SSSR count). The predicted molar refractivity (Wildman–Crippen MR) is 59.5 cm³/mol. The van der Waals surface area contributed by atoms with E-state index in [9.17, 15) is 4.79 Å². The van der Waals surface area contributed by atoms with Crippen LogP contribution < -0.4 is 0 Å². The van der Waals surface area contributed by atoms with Crippen molar-refractivity contribution >= 4 is 5.78 Å². The molecule has 4 heteroatoms. The van der Waals surface area contributed by atoms with Gasteiger partial charge in [0.05, 0.1) is 19.9 Å². The average molecular weight is 217 g/mol. The number of rotatable bonds is 10. The zero-order valence-corrected chi connectivity index (χ0v) is 9.61. The molecule has 0 radical (unpaired) electrons. The Morgan fingerprint density at radius 2 is 1.93 bits per heavy atom. The number of Topliss-reactive ketones (excluding diaryl/α,β-unsaturated/α-hetero) is 1. The van der Waals surface area contributed by atoms with E-state index in [1.807, 2.05) is 0 Å². The van der Waals surface area contributed by atoms with Crippen LogP contribution in [-0.2, 0) is 4.79 Å². The molecule has 0 fully saturated rings. The van der Waals surface area contributed by atoms with E-state index in [2.05, 4.69) is 6.92 Å². The van der Waals surface area contributed by atoms with Crippen LogP contribution in [0, 0.1) is 0 Å². The minimum absolute atomic E-state index is 0.0241. The second kappa shape index (κ2) is 10.1. The number of nitrogens with zero attached hydrogens (tertiary/aromatic N) is 1. The molecule has 0 unspecified atom stereocenters. The first-order valence-electron chi connectivity index (χ1n) is 5.70. The molecule has 0 bridgehead atoms. The smallest absolute Gasteiger partial charge is 0.146 e. The molecule has 0 heterocycles. The standard InChI is InChI=1S/C11H23NO3/c1-2-3-4-5-6-11(15)9-12(10-14)7-8-13/h13-14H,2-10H2,1H3. The van der Waals surface area contributed by atoms with Crippen molar-refractivity contribution in [3.63, 3.8) is 0 Å². The maximum absolute atomic E-state index is 11.4. The fourth-order valence-electron chi connectivity index (χ4n) is 1.42. The van der Waals surface area contributed by atoms with Gasteiger partial charge in [-0.05, 0) is 6.42 Å². The van der Waals surface area contributed by atoms with Crippen molar-refractivity contribution in [2.75, 3.05) is 26.4 Å². The summed E-state index contributed by atoms with van der Waals surface area (Å²) in [4.78, 5) is 13.0. The maximum Gasteiger partial charge on any atom is 0.146 e. The van der Waals surface area contributed by atoms with Crippen molar-refractivity contribution in [2.45, 2.75) is 39.0 Å². The van der Waals surface area contributed by atoms with Crippen LogP contribution in [0.2, 0.25) is 0 Å². The Hall–Kier alpha value is -0.450. The monoisotopic (exact) mass is 217 g/mol. The summed E-state index contributed by atoms with van der Waals surface area (Å²) >= 11 is 0. The lowest BCUT2D eigenvalue weighted by molar-refractivity contribution is -0.121. The zero-order valence-electron chi connectivity index (χ0n) is 9.61. The Bertz CT molecular complexity index is 162. The molecule has 4 nitrogen and oxygen atoms in total. The zero-order chi connectivity index (χ0) is 11.5. The van der Waals surface area contributed by atoms with Crippen LogP contribution in [0.5, 0.6) is 0 Å². The van der Waals surface area contributed by atoms with Gasteiger partial charge in [-0.1, -0.05) is 26.2 Å². The number of hydrogen-bond acceptors (Lipinski definition) is 4. The molecule has 2 N–H and O–H groups in total. The van der Waals surface area contributed by atoms with E-state index in [1.165, 1.54) is 12.8 Å². The summed E-state index contributed by atoms with van der Waals surface area (Å²) in [5.41, 5.74) is 0. The first-order chi connectivity index (χ1) is 7.24. The highest BCUT2D eigenvalue weighted by molar-refractivity contribution is 5.80. The average Bonchev–Trinajstić information content (AvgIpc) is 2.24. The molecule has 0 aromatic heterocycles.